The number of carbonyl (C=O) groups is 1. The highest BCUT2D eigenvalue weighted by atomic mass is 16.1. The van der Waals surface area contributed by atoms with Gasteiger partial charge in [-0.15, -0.1) is 0 Å². The van der Waals surface area contributed by atoms with Crippen LogP contribution >= 0.6 is 0 Å². The number of carbonyl (C=O) groups excluding carboxylic acids is 1. The summed E-state index contributed by atoms with van der Waals surface area (Å²) in [5.41, 5.74) is 6.93. The molecule has 0 N–H and O–H groups in total. The molecule has 22 heavy (non-hydrogen) atoms. The van der Waals surface area contributed by atoms with Gasteiger partial charge in [0.05, 0.1) is 0 Å². The van der Waals surface area contributed by atoms with E-state index in [9.17, 15) is 4.79 Å². The van der Waals surface area contributed by atoms with Gasteiger partial charge in [-0.3, -0.25) is 4.79 Å². The Morgan fingerprint density at radius 1 is 0.727 bits per heavy atom. The first-order valence-electron chi connectivity index (χ1n) is 7.50. The van der Waals surface area contributed by atoms with E-state index in [4.69, 9.17) is 0 Å². The molecular formula is C21H22O. The normalized spacial score (nSPS) is 11.5. The lowest BCUT2D eigenvalue weighted by Crippen LogP contribution is -1.88. The fraction of sp³-hybridized carbons (Fsp3) is 0.190. The molecule has 0 radical (unpaired) electrons. The van der Waals surface area contributed by atoms with E-state index in [0.29, 0.717) is 0 Å². The Morgan fingerprint density at radius 2 is 1.14 bits per heavy atom. The zero-order chi connectivity index (χ0) is 16.1. The molecule has 2 rings (SSSR count). The number of rotatable bonds is 4. The number of hydrogen-bond donors (Lipinski definition) is 0. The predicted octanol–water partition coefficient (Wildman–Crippen LogP) is 5.22. The van der Waals surface area contributed by atoms with Gasteiger partial charge in [-0.25, -0.2) is 0 Å². The van der Waals surface area contributed by atoms with Crippen LogP contribution in [0.5, 0.6) is 0 Å². The Labute approximate surface area is 133 Å². The lowest BCUT2D eigenvalue weighted by molar-refractivity contribution is -0.110. The van der Waals surface area contributed by atoms with Crippen molar-refractivity contribution in [2.75, 3.05) is 0 Å². The number of allylic oxidation sites excluding steroid dienone is 2. The quantitative estimate of drug-likeness (QED) is 0.706. The second-order valence-corrected chi connectivity index (χ2v) is 5.79. The monoisotopic (exact) mass is 290 g/mol. The molecule has 0 aliphatic rings. The molecule has 2 aromatic carbocycles. The molecule has 0 unspecified atom stereocenters. The molecule has 0 amide bonds. The zero-order valence-corrected chi connectivity index (χ0v) is 13.7. The van der Waals surface area contributed by atoms with Gasteiger partial charge in [0.2, 0.25) is 0 Å². The van der Waals surface area contributed by atoms with Crippen LogP contribution in [0.15, 0.2) is 48.6 Å². The largest absolute Gasteiger partial charge is 0.290 e. The molecule has 0 saturated heterocycles. The highest BCUT2D eigenvalue weighted by Gasteiger charge is 1.97. The highest BCUT2D eigenvalue weighted by molar-refractivity contribution is 6.04. The summed E-state index contributed by atoms with van der Waals surface area (Å²) >= 11 is 0. The van der Waals surface area contributed by atoms with Gasteiger partial charge in [-0.1, -0.05) is 59.7 Å². The lowest BCUT2D eigenvalue weighted by Gasteiger charge is -2.02. The maximum absolute atomic E-state index is 12.0. The molecular weight excluding hydrogens is 268 g/mol. The Bertz CT molecular complexity index is 685. The predicted molar refractivity (Wildman–Crippen MR) is 94.9 cm³/mol. The third kappa shape index (κ3) is 4.29. The first-order chi connectivity index (χ1) is 10.5. The molecule has 1 nitrogen and oxygen atoms in total. The van der Waals surface area contributed by atoms with E-state index in [-0.39, 0.29) is 5.78 Å². The molecule has 0 aliphatic carbocycles. The molecule has 0 atom stereocenters. The maximum Gasteiger partial charge on any atom is 0.178 e. The van der Waals surface area contributed by atoms with Gasteiger partial charge in [-0.2, -0.15) is 0 Å². The summed E-state index contributed by atoms with van der Waals surface area (Å²) in [6.07, 6.45) is 7.03. The molecule has 112 valence electrons. The zero-order valence-electron chi connectivity index (χ0n) is 13.7. The molecule has 0 heterocycles. The Balaban J connectivity index is 2.12. The maximum atomic E-state index is 12.0. The van der Waals surface area contributed by atoms with E-state index in [1.807, 2.05) is 12.2 Å². The van der Waals surface area contributed by atoms with E-state index in [0.717, 1.165) is 11.1 Å². The Kier molecular flexibility index (Phi) is 5.11. The number of hydrogen-bond acceptors (Lipinski definition) is 1. The summed E-state index contributed by atoms with van der Waals surface area (Å²) in [6, 6.07) is 12.5. The third-order valence-electron chi connectivity index (χ3n) is 3.72. The van der Waals surface area contributed by atoms with E-state index in [1.165, 1.54) is 22.3 Å². The third-order valence-corrected chi connectivity index (χ3v) is 3.72. The average Bonchev–Trinajstić information content (AvgIpc) is 2.49. The number of aryl methyl sites for hydroxylation is 4. The van der Waals surface area contributed by atoms with Crippen LogP contribution in [0.25, 0.3) is 12.2 Å². The molecule has 0 aliphatic heterocycles. The van der Waals surface area contributed by atoms with Crippen molar-refractivity contribution in [3.63, 3.8) is 0 Å². The van der Waals surface area contributed by atoms with Crippen LogP contribution < -0.4 is 0 Å². The van der Waals surface area contributed by atoms with Gasteiger partial charge >= 0.3 is 0 Å². The first kappa shape index (κ1) is 16.0. The molecule has 2 aromatic rings. The van der Waals surface area contributed by atoms with Crippen molar-refractivity contribution >= 4 is 17.9 Å². The van der Waals surface area contributed by atoms with E-state index >= 15 is 0 Å². The van der Waals surface area contributed by atoms with Crippen LogP contribution in [-0.4, -0.2) is 5.78 Å². The molecule has 0 aromatic heterocycles. The fourth-order valence-corrected chi connectivity index (χ4v) is 2.28. The first-order valence-corrected chi connectivity index (χ1v) is 7.50. The Morgan fingerprint density at radius 3 is 1.55 bits per heavy atom. The summed E-state index contributed by atoms with van der Waals surface area (Å²) in [5.74, 6) is 0.00168. The van der Waals surface area contributed by atoms with Crippen molar-refractivity contribution in [2.24, 2.45) is 0 Å². The fourth-order valence-electron chi connectivity index (χ4n) is 2.28. The topological polar surface area (TPSA) is 17.1 Å². The molecule has 0 spiro atoms. The van der Waals surface area contributed by atoms with E-state index in [1.54, 1.807) is 12.2 Å². The summed E-state index contributed by atoms with van der Waals surface area (Å²) in [7, 11) is 0. The molecule has 0 fully saturated rings. The van der Waals surface area contributed by atoms with Gasteiger partial charge in [0.1, 0.15) is 0 Å². The van der Waals surface area contributed by atoms with Gasteiger partial charge in [-0.05, 0) is 62.1 Å². The van der Waals surface area contributed by atoms with Crippen LogP contribution in [0.1, 0.15) is 33.4 Å². The summed E-state index contributed by atoms with van der Waals surface area (Å²) in [4.78, 5) is 12.0. The average molecular weight is 290 g/mol. The Hall–Kier alpha value is -2.41. The van der Waals surface area contributed by atoms with E-state index < -0.39 is 0 Å². The van der Waals surface area contributed by atoms with Crippen LogP contribution in [0.3, 0.4) is 0 Å². The highest BCUT2D eigenvalue weighted by Crippen LogP contribution is 2.14. The molecule has 1 heteroatoms. The van der Waals surface area contributed by atoms with Crippen LogP contribution in [0.4, 0.5) is 0 Å². The standard InChI is InChI=1S/C21H22O/c1-15-5-7-17(3)19(13-15)9-11-21(22)12-10-20-14-16(2)6-8-18(20)4/h5-14H,1-4H3/b11-9+,12-10+. The van der Waals surface area contributed by atoms with E-state index in [2.05, 4.69) is 64.1 Å². The SMILES string of the molecule is Cc1ccc(C)c(/C=C/C(=O)/C=C/c2cc(C)ccc2C)c1. The van der Waals surface area contributed by atoms with Crippen molar-refractivity contribution in [2.45, 2.75) is 27.7 Å². The van der Waals surface area contributed by atoms with Gasteiger partial charge in [0, 0.05) is 0 Å². The molecule has 0 saturated carbocycles. The van der Waals surface area contributed by atoms with Crippen LogP contribution in [0.2, 0.25) is 0 Å². The number of benzene rings is 2. The second kappa shape index (κ2) is 7.04. The summed E-state index contributed by atoms with van der Waals surface area (Å²) < 4.78 is 0. The van der Waals surface area contributed by atoms with Crippen molar-refractivity contribution in [3.05, 3.63) is 81.9 Å². The minimum Gasteiger partial charge on any atom is -0.290 e. The summed E-state index contributed by atoms with van der Waals surface area (Å²) in [5, 5.41) is 0. The van der Waals surface area contributed by atoms with Crippen molar-refractivity contribution in [1.82, 2.24) is 0 Å². The minimum absolute atomic E-state index is 0.00168. The van der Waals surface area contributed by atoms with Gasteiger partial charge in [0.15, 0.2) is 5.78 Å². The van der Waals surface area contributed by atoms with Crippen molar-refractivity contribution in [3.8, 4) is 0 Å². The second-order valence-electron chi connectivity index (χ2n) is 5.79. The van der Waals surface area contributed by atoms with Crippen LogP contribution in [0, 0.1) is 27.7 Å². The van der Waals surface area contributed by atoms with Crippen LogP contribution in [-0.2, 0) is 4.79 Å². The van der Waals surface area contributed by atoms with Gasteiger partial charge in [0.25, 0.3) is 0 Å². The number of ketones is 1. The molecule has 0 bridgehead atoms. The summed E-state index contributed by atoms with van der Waals surface area (Å²) in [6.45, 7) is 8.21. The minimum atomic E-state index is 0.00168. The van der Waals surface area contributed by atoms with Crippen molar-refractivity contribution < 1.29 is 4.79 Å². The lowest BCUT2D eigenvalue weighted by atomic mass is 10.0. The van der Waals surface area contributed by atoms with Gasteiger partial charge < -0.3 is 0 Å². The van der Waals surface area contributed by atoms with Crippen molar-refractivity contribution in [1.29, 1.82) is 0 Å². The smallest absolute Gasteiger partial charge is 0.178 e.